The summed E-state index contributed by atoms with van der Waals surface area (Å²) in [4.78, 5) is 14.9. The first-order valence-electron chi connectivity index (χ1n) is 11.0. The van der Waals surface area contributed by atoms with Crippen LogP contribution in [0.3, 0.4) is 0 Å². The second-order valence-corrected chi connectivity index (χ2v) is 9.90. The lowest BCUT2D eigenvalue weighted by Gasteiger charge is -2.58. The molecule has 0 spiro atoms. The Hall–Kier alpha value is -1.67. The molecule has 6 rings (SSSR count). The van der Waals surface area contributed by atoms with Crippen molar-refractivity contribution in [3.05, 3.63) is 11.5 Å². The summed E-state index contributed by atoms with van der Waals surface area (Å²) in [5.74, 6) is 0.572. The molecule has 1 saturated heterocycles. The van der Waals surface area contributed by atoms with Crippen molar-refractivity contribution < 1.29 is 14.3 Å². The number of nitrogens with one attached hydrogen (secondary N) is 2. The predicted molar refractivity (Wildman–Crippen MR) is 107 cm³/mol. The Kier molecular flexibility index (Phi) is 4.62. The zero-order chi connectivity index (χ0) is 20.3. The van der Waals surface area contributed by atoms with Crippen molar-refractivity contribution >= 4 is 11.7 Å². The number of aryl methyl sites for hydroxylation is 1. The van der Waals surface area contributed by atoms with Crippen molar-refractivity contribution in [1.82, 2.24) is 20.4 Å². The molecule has 0 radical (unpaired) electrons. The Bertz CT molecular complexity index is 789. The molecule has 1 aromatic rings. The molecule has 2 heterocycles. The van der Waals surface area contributed by atoms with E-state index in [4.69, 9.17) is 0 Å². The quantitative estimate of drug-likeness (QED) is 0.706. The molecule has 1 aromatic heterocycles. The SMILES string of the molecule is CN(c1c(F)c(C(=O)NC2C3CC4CC2CC(O)(C4)C3)nn1C)C1CCNCC1. The standard InChI is InChI=1S/C21H32FN5O2/c1-26(15-3-5-23-6-4-15)20-16(22)18(25-27(20)2)19(28)24-17-13-7-12-8-14(17)11-21(29,9-12)10-13/h12-15,17,23,29H,3-11H2,1-2H3,(H,24,28). The van der Waals surface area contributed by atoms with E-state index in [1.54, 1.807) is 7.05 Å². The highest BCUT2D eigenvalue weighted by molar-refractivity contribution is 5.93. The Morgan fingerprint density at radius 2 is 1.93 bits per heavy atom. The minimum absolute atomic E-state index is 0.0197. The minimum atomic E-state index is -0.543. The fraction of sp³-hybridized carbons (Fsp3) is 0.810. The van der Waals surface area contributed by atoms with Crippen LogP contribution >= 0.6 is 0 Å². The molecule has 0 aromatic carbocycles. The summed E-state index contributed by atoms with van der Waals surface area (Å²) >= 11 is 0. The third-order valence-electron chi connectivity index (χ3n) is 7.90. The van der Waals surface area contributed by atoms with Gasteiger partial charge >= 0.3 is 0 Å². The van der Waals surface area contributed by atoms with Crippen LogP contribution in [-0.4, -0.2) is 58.6 Å². The monoisotopic (exact) mass is 405 g/mol. The molecular weight excluding hydrogens is 373 g/mol. The van der Waals surface area contributed by atoms with Crippen LogP contribution in [0.1, 0.15) is 55.4 Å². The van der Waals surface area contributed by atoms with Crippen molar-refractivity contribution in [2.24, 2.45) is 24.8 Å². The van der Waals surface area contributed by atoms with E-state index in [0.717, 1.165) is 58.0 Å². The van der Waals surface area contributed by atoms with Gasteiger partial charge in [-0.15, -0.1) is 0 Å². The highest BCUT2D eigenvalue weighted by Gasteiger charge is 2.55. The van der Waals surface area contributed by atoms with Crippen molar-refractivity contribution in [2.75, 3.05) is 25.0 Å². The number of carbonyl (C=O) groups excluding carboxylic acids is 1. The van der Waals surface area contributed by atoms with Gasteiger partial charge in [0.2, 0.25) is 0 Å². The lowest BCUT2D eigenvalue weighted by molar-refractivity contribution is -0.137. The van der Waals surface area contributed by atoms with Crippen LogP contribution in [0.25, 0.3) is 0 Å². The molecule has 5 aliphatic rings. The summed E-state index contributed by atoms with van der Waals surface area (Å²) in [7, 11) is 3.58. The second kappa shape index (κ2) is 6.94. The van der Waals surface area contributed by atoms with Crippen LogP contribution in [0.4, 0.5) is 10.2 Å². The van der Waals surface area contributed by atoms with Crippen LogP contribution in [0, 0.1) is 23.6 Å². The van der Waals surface area contributed by atoms with Gasteiger partial charge < -0.3 is 20.6 Å². The van der Waals surface area contributed by atoms with Crippen molar-refractivity contribution in [1.29, 1.82) is 0 Å². The van der Waals surface area contributed by atoms with Gasteiger partial charge in [-0.25, -0.2) is 9.07 Å². The van der Waals surface area contributed by atoms with Crippen molar-refractivity contribution in [3.63, 3.8) is 0 Å². The van der Waals surface area contributed by atoms with E-state index in [-0.39, 0.29) is 17.8 Å². The number of amides is 1. The van der Waals surface area contributed by atoms with Crippen molar-refractivity contribution in [2.45, 2.75) is 62.6 Å². The molecule has 4 aliphatic carbocycles. The predicted octanol–water partition coefficient (Wildman–Crippen LogP) is 1.42. The summed E-state index contributed by atoms with van der Waals surface area (Å²) < 4.78 is 16.8. The molecule has 3 N–H and O–H groups in total. The molecular formula is C21H32FN5O2. The zero-order valence-corrected chi connectivity index (χ0v) is 17.3. The van der Waals surface area contributed by atoms with Gasteiger partial charge in [0, 0.05) is 26.2 Å². The van der Waals surface area contributed by atoms with E-state index in [9.17, 15) is 9.90 Å². The molecule has 7 nitrogen and oxygen atoms in total. The lowest BCUT2D eigenvalue weighted by atomic mass is 9.52. The maximum atomic E-state index is 15.3. The van der Waals surface area contributed by atoms with Gasteiger partial charge in [0.25, 0.3) is 5.91 Å². The van der Waals surface area contributed by atoms with E-state index in [1.165, 1.54) is 4.68 Å². The third kappa shape index (κ3) is 3.24. The lowest BCUT2D eigenvalue weighted by Crippen LogP contribution is -2.61. The third-order valence-corrected chi connectivity index (χ3v) is 7.90. The number of hydrogen-bond acceptors (Lipinski definition) is 5. The molecule has 8 heteroatoms. The van der Waals surface area contributed by atoms with Crippen LogP contribution in [0.5, 0.6) is 0 Å². The maximum Gasteiger partial charge on any atom is 0.275 e. The topological polar surface area (TPSA) is 82.4 Å². The molecule has 2 unspecified atom stereocenters. The van der Waals surface area contributed by atoms with E-state index in [1.807, 2.05) is 11.9 Å². The summed E-state index contributed by atoms with van der Waals surface area (Å²) in [6, 6.07) is 0.258. The van der Waals surface area contributed by atoms with Gasteiger partial charge in [0.05, 0.1) is 5.60 Å². The number of aromatic nitrogens is 2. The number of carbonyl (C=O) groups is 1. The summed E-state index contributed by atoms with van der Waals surface area (Å²) in [5, 5.41) is 21.4. The number of rotatable bonds is 4. The van der Waals surface area contributed by atoms with Crippen LogP contribution in [0.15, 0.2) is 0 Å². The number of aliphatic hydroxyl groups is 1. The number of halogens is 1. The fourth-order valence-corrected chi connectivity index (χ4v) is 6.82. The second-order valence-electron chi connectivity index (χ2n) is 9.90. The van der Waals surface area contributed by atoms with E-state index < -0.39 is 17.3 Å². The molecule has 160 valence electrons. The van der Waals surface area contributed by atoms with Gasteiger partial charge in [0.1, 0.15) is 0 Å². The normalized spacial score (nSPS) is 36.4. The zero-order valence-electron chi connectivity index (χ0n) is 17.3. The van der Waals surface area contributed by atoms with Crippen LogP contribution in [-0.2, 0) is 7.05 Å². The van der Waals surface area contributed by atoms with E-state index in [0.29, 0.717) is 23.6 Å². The Morgan fingerprint density at radius 3 is 2.55 bits per heavy atom. The average molecular weight is 406 g/mol. The fourth-order valence-electron chi connectivity index (χ4n) is 6.82. The highest BCUT2D eigenvalue weighted by atomic mass is 19.1. The number of piperidine rings is 1. The van der Waals surface area contributed by atoms with E-state index in [2.05, 4.69) is 15.7 Å². The van der Waals surface area contributed by atoms with Gasteiger partial charge in [0.15, 0.2) is 17.3 Å². The minimum Gasteiger partial charge on any atom is -0.390 e. The Labute approximate surface area is 171 Å². The van der Waals surface area contributed by atoms with Gasteiger partial charge in [-0.3, -0.25) is 4.79 Å². The molecule has 5 fully saturated rings. The molecule has 4 bridgehead atoms. The summed E-state index contributed by atoms with van der Waals surface area (Å²) in [5.41, 5.74) is -0.658. The number of nitrogens with zero attached hydrogens (tertiary/aromatic N) is 3. The summed E-state index contributed by atoms with van der Waals surface area (Å²) in [6.07, 6.45) is 6.40. The van der Waals surface area contributed by atoms with Gasteiger partial charge in [-0.2, -0.15) is 5.10 Å². The molecule has 4 saturated carbocycles. The van der Waals surface area contributed by atoms with Crippen LogP contribution in [0.2, 0.25) is 0 Å². The van der Waals surface area contributed by atoms with E-state index >= 15 is 4.39 Å². The first-order chi connectivity index (χ1) is 13.8. The van der Waals surface area contributed by atoms with Crippen molar-refractivity contribution in [3.8, 4) is 0 Å². The maximum absolute atomic E-state index is 15.3. The van der Waals surface area contributed by atoms with Gasteiger partial charge in [-0.1, -0.05) is 0 Å². The first-order valence-corrected chi connectivity index (χ1v) is 11.0. The number of anilines is 1. The first kappa shape index (κ1) is 19.3. The smallest absolute Gasteiger partial charge is 0.275 e. The van der Waals surface area contributed by atoms with Gasteiger partial charge in [-0.05, 0) is 75.8 Å². The largest absolute Gasteiger partial charge is 0.390 e. The highest BCUT2D eigenvalue weighted by Crippen LogP contribution is 2.55. The van der Waals surface area contributed by atoms with Crippen LogP contribution < -0.4 is 15.5 Å². The summed E-state index contributed by atoms with van der Waals surface area (Å²) in [6.45, 7) is 1.83. The number of hydrogen-bond donors (Lipinski definition) is 3. The Morgan fingerprint density at radius 1 is 1.28 bits per heavy atom. The molecule has 1 amide bonds. The Balaban J connectivity index is 1.33. The molecule has 2 atom stereocenters. The molecule has 1 aliphatic heterocycles. The average Bonchev–Trinajstić information content (AvgIpc) is 2.97. The molecule has 29 heavy (non-hydrogen) atoms.